The second-order valence-corrected chi connectivity index (χ2v) is 5.99. The first-order valence-electron chi connectivity index (χ1n) is 7.99. The molecule has 126 valence electrons. The summed E-state index contributed by atoms with van der Waals surface area (Å²) in [6.07, 6.45) is 1.31. The Bertz CT molecular complexity index is 728. The molecule has 6 heteroatoms. The molecule has 0 atom stereocenters. The third-order valence-corrected chi connectivity index (χ3v) is 4.37. The lowest BCUT2D eigenvalue weighted by Crippen LogP contribution is -2.40. The van der Waals surface area contributed by atoms with Gasteiger partial charge in [-0.3, -0.25) is 9.59 Å². The third kappa shape index (κ3) is 3.32. The van der Waals surface area contributed by atoms with Gasteiger partial charge in [0.2, 0.25) is 5.76 Å². The van der Waals surface area contributed by atoms with E-state index in [0.29, 0.717) is 37.2 Å². The summed E-state index contributed by atoms with van der Waals surface area (Å²) < 4.78 is 10.1. The van der Waals surface area contributed by atoms with E-state index in [1.807, 2.05) is 0 Å². The molecule has 0 N–H and O–H groups in total. The number of nitrogens with zero attached hydrogens (tertiary/aromatic N) is 2. The lowest BCUT2D eigenvalue weighted by Gasteiger charge is -2.30. The standard InChI is InChI=1S/C18H20N2O4/c1-12-11-16(24-19-12)18(22)20-9-7-14(8-10-20)17(21)13-3-5-15(23-2)6-4-13/h3-6,11,14H,7-10H2,1-2H3. The second-order valence-electron chi connectivity index (χ2n) is 5.99. The Balaban J connectivity index is 1.59. The molecule has 1 aliphatic heterocycles. The number of ether oxygens (including phenoxy) is 1. The van der Waals surface area contributed by atoms with Gasteiger partial charge in [0.05, 0.1) is 12.8 Å². The van der Waals surface area contributed by atoms with Crippen LogP contribution in [0, 0.1) is 12.8 Å². The Morgan fingerprint density at radius 1 is 1.21 bits per heavy atom. The first-order valence-corrected chi connectivity index (χ1v) is 7.99. The third-order valence-electron chi connectivity index (χ3n) is 4.37. The highest BCUT2D eigenvalue weighted by Gasteiger charge is 2.29. The fourth-order valence-electron chi connectivity index (χ4n) is 2.96. The highest BCUT2D eigenvalue weighted by molar-refractivity contribution is 5.98. The molecular weight excluding hydrogens is 308 g/mol. The van der Waals surface area contributed by atoms with Crippen molar-refractivity contribution in [3.63, 3.8) is 0 Å². The Labute approximate surface area is 140 Å². The number of piperidine rings is 1. The minimum absolute atomic E-state index is 0.0566. The van der Waals surface area contributed by atoms with Crippen LogP contribution in [0.2, 0.25) is 0 Å². The molecule has 3 rings (SSSR count). The van der Waals surface area contributed by atoms with Gasteiger partial charge in [-0.2, -0.15) is 0 Å². The summed E-state index contributed by atoms with van der Waals surface area (Å²) in [6.45, 7) is 2.87. The van der Waals surface area contributed by atoms with Gasteiger partial charge in [0, 0.05) is 30.6 Å². The van der Waals surface area contributed by atoms with Gasteiger partial charge in [0.15, 0.2) is 5.78 Å². The highest BCUT2D eigenvalue weighted by atomic mass is 16.5. The van der Waals surface area contributed by atoms with Crippen LogP contribution in [-0.2, 0) is 0 Å². The molecule has 1 fully saturated rings. The van der Waals surface area contributed by atoms with E-state index in [9.17, 15) is 9.59 Å². The van der Waals surface area contributed by atoms with Crippen molar-refractivity contribution < 1.29 is 18.8 Å². The summed E-state index contributed by atoms with van der Waals surface area (Å²) in [5, 5.41) is 3.74. The molecule has 24 heavy (non-hydrogen) atoms. The maximum Gasteiger partial charge on any atom is 0.292 e. The molecule has 1 aliphatic rings. The van der Waals surface area contributed by atoms with E-state index in [2.05, 4.69) is 5.16 Å². The van der Waals surface area contributed by atoms with Crippen LogP contribution < -0.4 is 4.74 Å². The zero-order valence-corrected chi connectivity index (χ0v) is 13.8. The zero-order chi connectivity index (χ0) is 17.1. The van der Waals surface area contributed by atoms with E-state index in [1.165, 1.54) is 0 Å². The summed E-state index contributed by atoms with van der Waals surface area (Å²) in [6, 6.07) is 8.79. The predicted octanol–water partition coefficient (Wildman–Crippen LogP) is 2.73. The van der Waals surface area contributed by atoms with Gasteiger partial charge >= 0.3 is 0 Å². The smallest absolute Gasteiger partial charge is 0.292 e. The molecular formula is C18H20N2O4. The first kappa shape index (κ1) is 16.2. The van der Waals surface area contributed by atoms with Crippen molar-refractivity contribution in [1.82, 2.24) is 10.1 Å². The van der Waals surface area contributed by atoms with E-state index >= 15 is 0 Å². The number of hydrogen-bond donors (Lipinski definition) is 0. The topological polar surface area (TPSA) is 72.6 Å². The van der Waals surface area contributed by atoms with E-state index in [-0.39, 0.29) is 23.4 Å². The quantitative estimate of drug-likeness (QED) is 0.807. The molecule has 2 heterocycles. The van der Waals surface area contributed by atoms with Crippen molar-refractivity contribution in [2.45, 2.75) is 19.8 Å². The zero-order valence-electron chi connectivity index (χ0n) is 13.8. The lowest BCUT2D eigenvalue weighted by molar-refractivity contribution is 0.0616. The molecule has 1 saturated heterocycles. The Hall–Kier alpha value is -2.63. The molecule has 0 saturated carbocycles. The van der Waals surface area contributed by atoms with Gasteiger partial charge in [-0.05, 0) is 44.0 Å². The number of ketones is 1. The van der Waals surface area contributed by atoms with Gasteiger partial charge in [-0.1, -0.05) is 5.16 Å². The number of likely N-dealkylation sites (tertiary alicyclic amines) is 1. The van der Waals surface area contributed by atoms with Crippen molar-refractivity contribution in [3.8, 4) is 5.75 Å². The Morgan fingerprint density at radius 3 is 2.42 bits per heavy atom. The monoisotopic (exact) mass is 328 g/mol. The van der Waals surface area contributed by atoms with Crippen molar-refractivity contribution in [1.29, 1.82) is 0 Å². The average molecular weight is 328 g/mol. The number of rotatable bonds is 4. The number of aryl methyl sites for hydroxylation is 1. The summed E-state index contributed by atoms with van der Waals surface area (Å²) in [4.78, 5) is 26.6. The molecule has 0 radical (unpaired) electrons. The van der Waals surface area contributed by atoms with Crippen LogP contribution in [-0.4, -0.2) is 41.9 Å². The van der Waals surface area contributed by atoms with E-state index in [4.69, 9.17) is 9.26 Å². The number of aromatic nitrogens is 1. The molecule has 1 aromatic heterocycles. The van der Waals surface area contributed by atoms with Crippen molar-refractivity contribution in [3.05, 3.63) is 47.3 Å². The highest BCUT2D eigenvalue weighted by Crippen LogP contribution is 2.24. The minimum atomic E-state index is -0.161. The number of carbonyl (C=O) groups is 2. The summed E-state index contributed by atoms with van der Waals surface area (Å²) in [5.41, 5.74) is 1.37. The molecule has 6 nitrogen and oxygen atoms in total. The van der Waals surface area contributed by atoms with Crippen LogP contribution in [0.3, 0.4) is 0 Å². The number of benzene rings is 1. The SMILES string of the molecule is COc1ccc(C(=O)C2CCN(C(=O)c3cc(C)no3)CC2)cc1. The van der Waals surface area contributed by atoms with E-state index in [1.54, 1.807) is 49.3 Å². The molecule has 2 aromatic rings. The van der Waals surface area contributed by atoms with Crippen LogP contribution in [0.4, 0.5) is 0 Å². The fourth-order valence-corrected chi connectivity index (χ4v) is 2.96. The van der Waals surface area contributed by atoms with Crippen LogP contribution in [0.15, 0.2) is 34.9 Å². The summed E-state index contributed by atoms with van der Waals surface area (Å²) in [5.74, 6) is 0.895. The number of methoxy groups -OCH3 is 1. The Kier molecular flexibility index (Phi) is 4.64. The van der Waals surface area contributed by atoms with E-state index in [0.717, 1.165) is 5.75 Å². The molecule has 1 aromatic carbocycles. The predicted molar refractivity (Wildman–Crippen MR) is 87.2 cm³/mol. The van der Waals surface area contributed by atoms with Crippen LogP contribution >= 0.6 is 0 Å². The van der Waals surface area contributed by atoms with Crippen LogP contribution in [0.25, 0.3) is 0 Å². The molecule has 0 aliphatic carbocycles. The minimum Gasteiger partial charge on any atom is -0.497 e. The average Bonchev–Trinajstić information content (AvgIpc) is 3.07. The van der Waals surface area contributed by atoms with Crippen LogP contribution in [0.1, 0.15) is 39.4 Å². The van der Waals surface area contributed by atoms with Crippen molar-refractivity contribution in [2.24, 2.45) is 5.92 Å². The second kappa shape index (κ2) is 6.86. The van der Waals surface area contributed by atoms with Crippen LogP contribution in [0.5, 0.6) is 5.75 Å². The number of hydrogen-bond acceptors (Lipinski definition) is 5. The van der Waals surface area contributed by atoms with Gasteiger partial charge in [0.25, 0.3) is 5.91 Å². The molecule has 0 bridgehead atoms. The summed E-state index contributed by atoms with van der Waals surface area (Å²) in [7, 11) is 1.60. The number of Topliss-reactive ketones (excluding diaryl/α,β-unsaturated/α-hetero) is 1. The van der Waals surface area contributed by atoms with Gasteiger partial charge in [-0.25, -0.2) is 0 Å². The van der Waals surface area contributed by atoms with E-state index < -0.39 is 0 Å². The lowest BCUT2D eigenvalue weighted by atomic mass is 9.89. The molecule has 1 amide bonds. The van der Waals surface area contributed by atoms with Crippen molar-refractivity contribution >= 4 is 11.7 Å². The Morgan fingerprint density at radius 2 is 1.88 bits per heavy atom. The van der Waals surface area contributed by atoms with Gasteiger partial charge < -0.3 is 14.2 Å². The fraction of sp³-hybridized carbons (Fsp3) is 0.389. The molecule has 0 unspecified atom stereocenters. The largest absolute Gasteiger partial charge is 0.497 e. The molecule has 0 spiro atoms. The van der Waals surface area contributed by atoms with Gasteiger partial charge in [-0.15, -0.1) is 0 Å². The number of carbonyl (C=O) groups excluding carboxylic acids is 2. The van der Waals surface area contributed by atoms with Crippen molar-refractivity contribution in [2.75, 3.05) is 20.2 Å². The summed E-state index contributed by atoms with van der Waals surface area (Å²) >= 11 is 0. The normalized spacial score (nSPS) is 15.3. The first-order chi connectivity index (χ1) is 11.6. The van der Waals surface area contributed by atoms with Gasteiger partial charge in [0.1, 0.15) is 5.75 Å². The number of amides is 1. The maximum absolute atomic E-state index is 12.6. The maximum atomic E-state index is 12.6.